The van der Waals surface area contributed by atoms with Crippen molar-refractivity contribution in [3.8, 4) is 0 Å². The van der Waals surface area contributed by atoms with E-state index in [0.717, 1.165) is 0 Å². The molecule has 1 amide bonds. The van der Waals surface area contributed by atoms with E-state index in [2.05, 4.69) is 5.32 Å². The van der Waals surface area contributed by atoms with Crippen LogP contribution in [0.2, 0.25) is 0 Å². The van der Waals surface area contributed by atoms with Gasteiger partial charge in [0.1, 0.15) is 11.6 Å². The van der Waals surface area contributed by atoms with Gasteiger partial charge in [-0.2, -0.15) is 0 Å². The van der Waals surface area contributed by atoms with Crippen LogP contribution in [0.15, 0.2) is 0 Å². The normalized spacial score (nSPS) is 11.7. The lowest BCUT2D eigenvalue weighted by Crippen LogP contribution is -2.41. The summed E-state index contributed by atoms with van der Waals surface area (Å²) in [5.74, 6) is 0.0677. The van der Waals surface area contributed by atoms with Gasteiger partial charge in [-0.15, -0.1) is 0 Å². The number of ether oxygens (including phenoxy) is 6. The van der Waals surface area contributed by atoms with Crippen molar-refractivity contribution in [2.24, 2.45) is 22.9 Å². The van der Waals surface area contributed by atoms with E-state index in [0.29, 0.717) is 177 Å². The fraction of sp³-hybridized carbons (Fsp3) is 0.906. The lowest BCUT2D eigenvalue weighted by molar-refractivity contribution is -0.123. The molecule has 0 aromatic rings. The maximum atomic E-state index is 12.6. The van der Waals surface area contributed by atoms with Crippen molar-refractivity contribution in [3.63, 3.8) is 0 Å². The highest BCUT2D eigenvalue weighted by Gasteiger charge is 2.13. The summed E-state index contributed by atoms with van der Waals surface area (Å²) in [6, 6.07) is 0. The molecule has 0 aromatic carbocycles. The van der Waals surface area contributed by atoms with Gasteiger partial charge in [-0.05, 0) is 13.3 Å². The molecular weight excluding hydrogens is 640 g/mol. The topological polar surface area (TPSA) is 232 Å². The van der Waals surface area contributed by atoms with Crippen molar-refractivity contribution in [1.82, 2.24) is 20.0 Å². The average Bonchev–Trinajstić information content (AvgIpc) is 3.07. The van der Waals surface area contributed by atoms with E-state index in [1.807, 2.05) is 14.7 Å². The first-order valence-electron chi connectivity index (χ1n) is 17.6. The maximum absolute atomic E-state index is 12.6. The quantitative estimate of drug-likeness (QED) is 0.0398. The summed E-state index contributed by atoms with van der Waals surface area (Å²) in [5.41, 5.74) is 21.9. The molecule has 17 heteroatoms. The largest absolute Gasteiger partial charge is 0.380 e. The van der Waals surface area contributed by atoms with Gasteiger partial charge in [0.2, 0.25) is 5.91 Å². The van der Waals surface area contributed by atoms with Crippen LogP contribution in [-0.2, 0) is 42.8 Å². The highest BCUT2D eigenvalue weighted by Crippen LogP contribution is 1.99. The van der Waals surface area contributed by atoms with Gasteiger partial charge in [0, 0.05) is 85.0 Å². The van der Waals surface area contributed by atoms with Gasteiger partial charge in [-0.3, -0.25) is 29.1 Å². The molecule has 0 bridgehead atoms. The van der Waals surface area contributed by atoms with E-state index >= 15 is 0 Å². The standard InChI is InChI=1S/C32H68N8O9/c1-30(41)27-38(9-21-44-15-2-3-31(42)28-39(11-22-45-16-4-33)12-23-46-17-5-34)10-26-49-20-8-37-32(43)29-40(13-24-47-18-6-35)14-25-48-19-7-36/h2-29,33-36H2,1H3,(H,37,43). The molecule has 0 radical (unpaired) electrons. The van der Waals surface area contributed by atoms with Crippen LogP contribution in [0.3, 0.4) is 0 Å². The van der Waals surface area contributed by atoms with Crippen LogP contribution in [0, 0.1) is 0 Å². The molecule has 0 saturated carbocycles. The molecule has 0 rings (SSSR count). The Morgan fingerprint density at radius 3 is 1.27 bits per heavy atom. The number of hydrogen-bond acceptors (Lipinski definition) is 16. The third-order valence-corrected chi connectivity index (χ3v) is 6.89. The summed E-state index contributed by atoms with van der Waals surface area (Å²) >= 11 is 0. The summed E-state index contributed by atoms with van der Waals surface area (Å²) in [6.07, 6.45) is 1.03. The maximum Gasteiger partial charge on any atom is 0.234 e. The van der Waals surface area contributed by atoms with E-state index in [4.69, 9.17) is 51.4 Å². The van der Waals surface area contributed by atoms with Crippen LogP contribution >= 0.6 is 0 Å². The Kier molecular flexibility index (Phi) is 34.8. The number of Topliss-reactive ketones (excluding diaryl/α,β-unsaturated/α-hetero) is 2. The molecule has 0 aliphatic rings. The predicted molar refractivity (Wildman–Crippen MR) is 188 cm³/mol. The van der Waals surface area contributed by atoms with Gasteiger partial charge < -0.3 is 56.7 Å². The van der Waals surface area contributed by atoms with Crippen LogP contribution in [0.1, 0.15) is 19.8 Å². The predicted octanol–water partition coefficient (Wildman–Crippen LogP) is -3.12. The average molecular weight is 709 g/mol. The SMILES string of the molecule is CC(=O)CN(CCOCCCC(=O)CN(CCOCCN)CCOCCN)CCOCCNC(=O)CN(CCOCCN)CCOCCN. The Morgan fingerprint density at radius 1 is 0.490 bits per heavy atom. The van der Waals surface area contributed by atoms with Crippen molar-refractivity contribution in [2.75, 3.05) is 171 Å². The molecule has 0 unspecified atom stereocenters. The summed E-state index contributed by atoms with van der Waals surface area (Å²) < 4.78 is 33.3. The van der Waals surface area contributed by atoms with Crippen molar-refractivity contribution in [2.45, 2.75) is 19.8 Å². The van der Waals surface area contributed by atoms with Crippen molar-refractivity contribution >= 4 is 17.5 Å². The van der Waals surface area contributed by atoms with Crippen LogP contribution in [0.4, 0.5) is 0 Å². The van der Waals surface area contributed by atoms with Crippen molar-refractivity contribution in [1.29, 1.82) is 0 Å². The number of amides is 1. The van der Waals surface area contributed by atoms with Gasteiger partial charge in [-0.25, -0.2) is 0 Å². The zero-order valence-corrected chi connectivity index (χ0v) is 30.1. The van der Waals surface area contributed by atoms with Gasteiger partial charge in [0.25, 0.3) is 0 Å². The Balaban J connectivity index is 4.26. The van der Waals surface area contributed by atoms with Gasteiger partial charge in [-0.1, -0.05) is 0 Å². The number of nitrogens with one attached hydrogen (secondary N) is 1. The first-order chi connectivity index (χ1) is 23.9. The second-order valence-electron chi connectivity index (χ2n) is 11.4. The fourth-order valence-electron chi connectivity index (χ4n) is 4.45. The smallest absolute Gasteiger partial charge is 0.234 e. The highest BCUT2D eigenvalue weighted by atomic mass is 16.5. The molecule has 0 fully saturated rings. The Morgan fingerprint density at radius 2 is 0.857 bits per heavy atom. The summed E-state index contributed by atoms with van der Waals surface area (Å²) in [7, 11) is 0. The van der Waals surface area contributed by atoms with Crippen LogP contribution in [0.5, 0.6) is 0 Å². The van der Waals surface area contributed by atoms with E-state index in [9.17, 15) is 14.4 Å². The molecule has 0 aliphatic carbocycles. The number of ketones is 2. The van der Waals surface area contributed by atoms with Crippen LogP contribution in [0.25, 0.3) is 0 Å². The molecule has 290 valence electrons. The summed E-state index contributed by atoms with van der Waals surface area (Å²) in [6.45, 7) is 13.6. The minimum Gasteiger partial charge on any atom is -0.380 e. The van der Waals surface area contributed by atoms with Crippen molar-refractivity contribution in [3.05, 3.63) is 0 Å². The first-order valence-corrected chi connectivity index (χ1v) is 17.6. The van der Waals surface area contributed by atoms with Gasteiger partial charge >= 0.3 is 0 Å². The molecule has 0 atom stereocenters. The Hall–Kier alpha value is -1.71. The minimum atomic E-state index is -0.114. The molecule has 0 aliphatic heterocycles. The number of nitrogens with zero attached hydrogens (tertiary/aromatic N) is 3. The fourth-order valence-corrected chi connectivity index (χ4v) is 4.45. The third-order valence-electron chi connectivity index (χ3n) is 6.89. The van der Waals surface area contributed by atoms with E-state index in [1.165, 1.54) is 0 Å². The number of rotatable bonds is 39. The number of hydrogen-bond donors (Lipinski definition) is 5. The van der Waals surface area contributed by atoms with Crippen molar-refractivity contribution < 1.29 is 42.8 Å². The lowest BCUT2D eigenvalue weighted by atomic mass is 10.2. The summed E-state index contributed by atoms with van der Waals surface area (Å²) in [4.78, 5) is 42.8. The summed E-state index contributed by atoms with van der Waals surface area (Å²) in [5, 5.41) is 2.87. The number of carbonyl (C=O) groups is 3. The monoisotopic (exact) mass is 709 g/mol. The van der Waals surface area contributed by atoms with E-state index in [-0.39, 0.29) is 24.0 Å². The molecule has 49 heavy (non-hydrogen) atoms. The number of nitrogens with two attached hydrogens (primary N) is 4. The Labute approximate surface area is 293 Å². The molecule has 0 saturated heterocycles. The zero-order chi connectivity index (χ0) is 36.2. The minimum absolute atomic E-state index is 0.0516. The second-order valence-corrected chi connectivity index (χ2v) is 11.4. The van der Waals surface area contributed by atoms with Crippen LogP contribution in [-0.4, -0.2) is 203 Å². The van der Waals surface area contributed by atoms with E-state index in [1.54, 1.807) is 6.92 Å². The Bertz CT molecular complexity index is 711. The van der Waals surface area contributed by atoms with Gasteiger partial charge in [0.05, 0.1) is 92.3 Å². The number of carbonyl (C=O) groups excluding carboxylic acids is 3. The molecular formula is C32H68N8O9. The molecule has 0 spiro atoms. The third kappa shape index (κ3) is 33.2. The van der Waals surface area contributed by atoms with Gasteiger partial charge in [0.15, 0.2) is 0 Å². The molecule has 9 N–H and O–H groups in total. The molecule has 0 aromatic heterocycles. The highest BCUT2D eigenvalue weighted by molar-refractivity contribution is 5.80. The first kappa shape index (κ1) is 47.3. The zero-order valence-electron chi connectivity index (χ0n) is 30.1. The van der Waals surface area contributed by atoms with E-state index < -0.39 is 0 Å². The molecule has 0 heterocycles. The molecule has 17 nitrogen and oxygen atoms in total. The lowest BCUT2D eigenvalue weighted by Gasteiger charge is -2.22. The van der Waals surface area contributed by atoms with Crippen LogP contribution < -0.4 is 28.3 Å². The second kappa shape index (κ2) is 36.1.